The number of rotatable bonds is 8. The number of nitrogens with one attached hydrogen (secondary N) is 1. The lowest BCUT2D eigenvalue weighted by atomic mass is 10.1. The maximum absolute atomic E-state index is 12.5. The van der Waals surface area contributed by atoms with Gasteiger partial charge in [0.05, 0.1) is 12.7 Å². The van der Waals surface area contributed by atoms with Gasteiger partial charge in [-0.2, -0.15) is 5.26 Å². The van der Waals surface area contributed by atoms with E-state index >= 15 is 0 Å². The number of phenols is 1. The number of carbonyl (C=O) groups excluding carboxylic acids is 2. The van der Waals surface area contributed by atoms with Crippen LogP contribution in [-0.2, 0) is 20.7 Å². The van der Waals surface area contributed by atoms with Crippen molar-refractivity contribution in [1.82, 2.24) is 4.57 Å². The van der Waals surface area contributed by atoms with Crippen molar-refractivity contribution >= 4 is 17.7 Å². The number of esters is 1. The Bertz CT molecular complexity index is 1040. The first kappa shape index (κ1) is 23.2. The van der Waals surface area contributed by atoms with Gasteiger partial charge in [0.2, 0.25) is 0 Å². The second kappa shape index (κ2) is 10.2. The zero-order chi connectivity index (χ0) is 23.3. The van der Waals surface area contributed by atoms with Gasteiger partial charge in [0.1, 0.15) is 11.9 Å². The number of benzene rings is 1. The van der Waals surface area contributed by atoms with E-state index in [9.17, 15) is 20.0 Å². The predicted octanol–water partition coefficient (Wildman–Crippen LogP) is 3.92. The third kappa shape index (κ3) is 5.05. The lowest BCUT2D eigenvalue weighted by molar-refractivity contribution is -0.147. The van der Waals surface area contributed by atoms with E-state index in [0.29, 0.717) is 23.6 Å². The molecule has 1 amide bonds. The average molecular weight is 440 g/mol. The molecule has 0 atom stereocenters. The summed E-state index contributed by atoms with van der Waals surface area (Å²) >= 11 is 0. The maximum atomic E-state index is 12.5. The van der Waals surface area contributed by atoms with Gasteiger partial charge < -0.3 is 24.5 Å². The number of amides is 1. The van der Waals surface area contributed by atoms with E-state index in [1.807, 2.05) is 13.8 Å². The summed E-state index contributed by atoms with van der Waals surface area (Å²) < 4.78 is 12.2. The lowest BCUT2D eigenvalue weighted by Crippen LogP contribution is -2.24. The maximum Gasteiger partial charge on any atom is 0.306 e. The van der Waals surface area contributed by atoms with E-state index in [1.54, 1.807) is 12.1 Å². The van der Waals surface area contributed by atoms with Gasteiger partial charge >= 0.3 is 5.97 Å². The highest BCUT2D eigenvalue weighted by Crippen LogP contribution is 2.37. The number of nitriles is 1. The number of phenolic OH excluding ortho intramolecular Hbond substituents is 1. The van der Waals surface area contributed by atoms with E-state index in [4.69, 9.17) is 9.47 Å². The third-order valence-electron chi connectivity index (χ3n) is 6.04. The summed E-state index contributed by atoms with van der Waals surface area (Å²) in [5.74, 6) is -0.146. The fraction of sp³-hybridized carbons (Fsp3) is 0.458. The van der Waals surface area contributed by atoms with Crippen LogP contribution in [0.15, 0.2) is 18.2 Å². The van der Waals surface area contributed by atoms with Crippen LogP contribution in [0.2, 0.25) is 0 Å². The van der Waals surface area contributed by atoms with E-state index in [2.05, 4.69) is 16.0 Å². The van der Waals surface area contributed by atoms with Crippen LogP contribution in [-0.4, -0.2) is 35.3 Å². The summed E-state index contributed by atoms with van der Waals surface area (Å²) in [4.78, 5) is 24.6. The molecular formula is C24H29N3O5. The van der Waals surface area contributed by atoms with Gasteiger partial charge in [0.15, 0.2) is 18.1 Å². The molecule has 3 rings (SSSR count). The minimum absolute atomic E-state index is 0.00175. The lowest BCUT2D eigenvalue weighted by Gasteiger charge is -2.19. The van der Waals surface area contributed by atoms with Crippen LogP contribution in [0.4, 0.5) is 5.82 Å². The number of aromatic nitrogens is 1. The Hall–Kier alpha value is -3.47. The second-order valence-electron chi connectivity index (χ2n) is 8.07. The molecule has 0 bridgehead atoms. The molecule has 1 aromatic carbocycles. The molecule has 1 fully saturated rings. The minimum Gasteiger partial charge on any atom is -0.504 e. The topological polar surface area (TPSA) is 114 Å². The van der Waals surface area contributed by atoms with Gasteiger partial charge in [-0.25, -0.2) is 0 Å². The molecule has 2 aromatic rings. The second-order valence-corrected chi connectivity index (χ2v) is 8.07. The SMILES string of the molecule is COc1ccc(CCC(=O)OCC(=O)Nc2c(C#N)c(C)c(C)n2C2CCCC2)cc1O. The molecule has 1 aliphatic carbocycles. The molecule has 8 nitrogen and oxygen atoms in total. The number of anilines is 1. The van der Waals surface area contributed by atoms with Crippen molar-refractivity contribution in [1.29, 1.82) is 5.26 Å². The molecule has 2 N–H and O–H groups in total. The predicted molar refractivity (Wildman–Crippen MR) is 119 cm³/mol. The van der Waals surface area contributed by atoms with Gasteiger partial charge in [-0.15, -0.1) is 0 Å². The smallest absolute Gasteiger partial charge is 0.306 e. The van der Waals surface area contributed by atoms with Crippen molar-refractivity contribution in [2.75, 3.05) is 19.0 Å². The molecular weight excluding hydrogens is 410 g/mol. The fourth-order valence-electron chi connectivity index (χ4n) is 4.23. The standard InChI is InChI=1S/C24H29N3O5/c1-15-16(2)27(18-6-4-5-7-18)24(19(15)13-25)26-22(29)14-32-23(30)11-9-17-8-10-21(31-3)20(28)12-17/h8,10,12,18,28H,4-7,9,11,14H2,1-3H3,(H,26,29). The zero-order valence-corrected chi connectivity index (χ0v) is 18.7. The van der Waals surface area contributed by atoms with E-state index in [0.717, 1.165) is 42.5 Å². The fourth-order valence-corrected chi connectivity index (χ4v) is 4.23. The van der Waals surface area contributed by atoms with Crippen LogP contribution < -0.4 is 10.1 Å². The van der Waals surface area contributed by atoms with Crippen molar-refractivity contribution in [3.8, 4) is 17.6 Å². The largest absolute Gasteiger partial charge is 0.504 e. The molecule has 170 valence electrons. The van der Waals surface area contributed by atoms with Crippen molar-refractivity contribution in [2.24, 2.45) is 0 Å². The molecule has 8 heteroatoms. The number of nitrogens with zero attached hydrogens (tertiary/aromatic N) is 2. The van der Waals surface area contributed by atoms with Crippen LogP contribution in [0.5, 0.6) is 11.5 Å². The minimum atomic E-state index is -0.519. The monoisotopic (exact) mass is 439 g/mol. The van der Waals surface area contributed by atoms with Crippen molar-refractivity contribution in [2.45, 2.75) is 58.4 Å². The van der Waals surface area contributed by atoms with Crippen molar-refractivity contribution in [3.05, 3.63) is 40.6 Å². The summed E-state index contributed by atoms with van der Waals surface area (Å²) in [6.45, 7) is 3.42. The summed E-state index contributed by atoms with van der Waals surface area (Å²) in [5, 5.41) is 22.2. The molecule has 1 heterocycles. The highest BCUT2D eigenvalue weighted by molar-refractivity contribution is 5.93. The summed E-state index contributed by atoms with van der Waals surface area (Å²) in [7, 11) is 1.46. The molecule has 0 unspecified atom stereocenters. The molecule has 0 saturated heterocycles. The van der Waals surface area contributed by atoms with E-state index < -0.39 is 18.5 Å². The Morgan fingerprint density at radius 3 is 2.62 bits per heavy atom. The van der Waals surface area contributed by atoms with Crippen LogP contribution in [0.1, 0.15) is 60.5 Å². The quantitative estimate of drug-likeness (QED) is 0.603. The molecule has 32 heavy (non-hydrogen) atoms. The molecule has 0 radical (unpaired) electrons. The third-order valence-corrected chi connectivity index (χ3v) is 6.04. The van der Waals surface area contributed by atoms with Crippen LogP contribution in [0, 0.1) is 25.2 Å². The Morgan fingerprint density at radius 1 is 1.28 bits per heavy atom. The Kier molecular flexibility index (Phi) is 7.41. The number of hydrogen-bond acceptors (Lipinski definition) is 6. The first-order chi connectivity index (χ1) is 15.3. The van der Waals surface area contributed by atoms with Gasteiger partial charge in [-0.05, 0) is 56.4 Å². The normalized spacial score (nSPS) is 13.6. The van der Waals surface area contributed by atoms with Crippen LogP contribution >= 0.6 is 0 Å². The number of carbonyl (C=O) groups is 2. The number of ether oxygens (including phenoxy) is 2. The van der Waals surface area contributed by atoms with Gasteiger partial charge in [-0.3, -0.25) is 9.59 Å². The number of aryl methyl sites for hydroxylation is 1. The average Bonchev–Trinajstić information content (AvgIpc) is 3.38. The Morgan fingerprint density at radius 2 is 2.00 bits per heavy atom. The van der Waals surface area contributed by atoms with Crippen molar-refractivity contribution < 1.29 is 24.2 Å². The van der Waals surface area contributed by atoms with Crippen LogP contribution in [0.25, 0.3) is 0 Å². The van der Waals surface area contributed by atoms with Crippen molar-refractivity contribution in [3.63, 3.8) is 0 Å². The number of hydrogen-bond donors (Lipinski definition) is 2. The summed E-state index contributed by atoms with van der Waals surface area (Å²) in [6, 6.07) is 7.37. The van der Waals surface area contributed by atoms with Gasteiger partial charge in [0, 0.05) is 18.2 Å². The highest BCUT2D eigenvalue weighted by atomic mass is 16.5. The molecule has 1 saturated carbocycles. The number of methoxy groups -OCH3 is 1. The van der Waals surface area contributed by atoms with E-state index in [-0.39, 0.29) is 18.2 Å². The first-order valence-electron chi connectivity index (χ1n) is 10.8. The summed E-state index contributed by atoms with van der Waals surface area (Å²) in [6.07, 6.45) is 4.70. The zero-order valence-electron chi connectivity index (χ0n) is 18.7. The molecule has 1 aromatic heterocycles. The van der Waals surface area contributed by atoms with Gasteiger partial charge in [-0.1, -0.05) is 18.9 Å². The number of aromatic hydroxyl groups is 1. The van der Waals surface area contributed by atoms with Gasteiger partial charge in [0.25, 0.3) is 5.91 Å². The van der Waals surface area contributed by atoms with E-state index in [1.165, 1.54) is 13.2 Å². The first-order valence-corrected chi connectivity index (χ1v) is 10.8. The Labute approximate surface area is 187 Å². The molecule has 0 spiro atoms. The Balaban J connectivity index is 1.58. The molecule has 1 aliphatic rings. The summed E-state index contributed by atoms with van der Waals surface area (Å²) in [5.41, 5.74) is 3.04. The highest BCUT2D eigenvalue weighted by Gasteiger charge is 2.26. The van der Waals surface area contributed by atoms with Crippen LogP contribution in [0.3, 0.4) is 0 Å². The molecule has 0 aliphatic heterocycles.